The molecule has 34 heteroatoms. The molecule has 8 heterocycles. The third kappa shape index (κ3) is 18.6. The minimum atomic E-state index is -3.81. The van der Waals surface area contributed by atoms with Crippen LogP contribution in [0, 0.1) is 11.7 Å². The van der Waals surface area contributed by atoms with Gasteiger partial charge in [0.25, 0.3) is 36.0 Å². The zero-order chi connectivity index (χ0) is 76.3. The molecule has 0 bridgehead atoms. The number of nitrogens with zero attached hydrogens (tertiary/aromatic N) is 13. The van der Waals surface area contributed by atoms with Crippen LogP contribution in [0.15, 0.2) is 221 Å². The van der Waals surface area contributed by atoms with Crippen molar-refractivity contribution in [3.63, 3.8) is 0 Å². The Labute approximate surface area is 645 Å². The van der Waals surface area contributed by atoms with Gasteiger partial charge < -0.3 is 43.3 Å². The fraction of sp³-hybridized carbons (Fsp3) is 0.257. The van der Waals surface area contributed by atoms with Crippen LogP contribution in [0.1, 0.15) is 40.4 Å². The summed E-state index contributed by atoms with van der Waals surface area (Å²) in [7, 11) is -11.3. The number of amides is 4. The van der Waals surface area contributed by atoms with E-state index in [1.165, 1.54) is 77.8 Å². The third-order valence-corrected chi connectivity index (χ3v) is 23.7. The van der Waals surface area contributed by atoms with Gasteiger partial charge in [0.05, 0.1) is 25.2 Å². The average molecular weight is 1590 g/mol. The molecule has 4 amide bonds. The van der Waals surface area contributed by atoms with Gasteiger partial charge in [0.15, 0.2) is 11.7 Å². The number of aryl methyl sites for hydroxylation is 1. The normalized spacial score (nSPS) is 15.2. The molecule has 27 nitrogen and oxygen atoms in total. The van der Waals surface area contributed by atoms with Gasteiger partial charge in [0.2, 0.25) is 17.7 Å². The number of nitrogens with one attached hydrogen (secondary N) is 3. The van der Waals surface area contributed by atoms with Crippen molar-refractivity contribution in [2.45, 2.75) is 60.5 Å². The Balaban J connectivity index is 0.000000230. The number of benzene rings is 6. The molecule has 3 fully saturated rings. The van der Waals surface area contributed by atoms with Crippen LogP contribution in [0.25, 0.3) is 21.8 Å². The molecule has 2 atom stereocenters. The van der Waals surface area contributed by atoms with Crippen molar-refractivity contribution in [3.8, 4) is 5.75 Å². The lowest BCUT2D eigenvalue weighted by Gasteiger charge is -2.41. The van der Waals surface area contributed by atoms with Crippen molar-refractivity contribution in [3.05, 3.63) is 223 Å². The van der Waals surface area contributed by atoms with E-state index in [2.05, 4.69) is 53.5 Å². The SMILES string of the molecule is CC(C)[C@@H](C(=O)N1CCN(c2ccc(S(=O)(=O)Nc3nccs3)cc2)C(=O)C1)n1ccc2c(F)cccc21.C[C@H]1CN(c2ccc(S(=O)(=O)Nc3ccncn3)cc2)CCN1C(=O)CCn1ccc2cc(Cl)ccc21.O=C(COc1ccccc1Cl)N1CCN(c2ccc(S(=O)(=O)Nc3ccncn3)cc2)CC1.[HH].[HH].[HH].[HH].[HH]. The number of hydrogen-bond acceptors (Lipinski definition) is 19. The highest BCUT2D eigenvalue weighted by molar-refractivity contribution is 7.93. The molecule has 3 aliphatic heterocycles. The zero-order valence-electron chi connectivity index (χ0n) is 58.6. The lowest BCUT2D eigenvalue weighted by atomic mass is 10.0. The van der Waals surface area contributed by atoms with Gasteiger partial charge in [-0.3, -0.25) is 33.3 Å². The quantitative estimate of drug-likeness (QED) is 0.0602. The number of anilines is 6. The molecule has 0 spiro atoms. The summed E-state index contributed by atoms with van der Waals surface area (Å²) in [5.41, 5.74) is 4.03. The number of thiazole rings is 1. The van der Waals surface area contributed by atoms with Crippen molar-refractivity contribution in [2.24, 2.45) is 5.92 Å². The number of hydrogen-bond donors (Lipinski definition) is 3. The molecule has 11 aromatic rings. The zero-order valence-corrected chi connectivity index (χ0v) is 63.4. The molecule has 6 aromatic carbocycles. The minimum Gasteiger partial charge on any atom is -0.482 e. The van der Waals surface area contributed by atoms with Crippen LogP contribution < -0.4 is 33.6 Å². The summed E-state index contributed by atoms with van der Waals surface area (Å²) in [6, 6.07) is 43.0. The Morgan fingerprint density at radius 2 is 1.22 bits per heavy atom. The summed E-state index contributed by atoms with van der Waals surface area (Å²) in [6.07, 6.45) is 11.1. The van der Waals surface area contributed by atoms with E-state index in [-0.39, 0.29) is 99.7 Å². The number of fused-ring (bicyclic) bond motifs is 2. The molecule has 3 saturated heterocycles. The Morgan fingerprint density at radius 3 is 1.81 bits per heavy atom. The number of aromatic nitrogens is 7. The van der Waals surface area contributed by atoms with E-state index in [1.807, 2.05) is 56.1 Å². The van der Waals surface area contributed by atoms with Crippen LogP contribution >= 0.6 is 34.5 Å². The molecule has 108 heavy (non-hydrogen) atoms. The molecular formula is C74H85Cl2FN16O11S4. The van der Waals surface area contributed by atoms with Crippen LogP contribution in [-0.4, -0.2) is 176 Å². The van der Waals surface area contributed by atoms with Crippen LogP contribution in [0.3, 0.4) is 0 Å². The smallest absolute Gasteiger partial charge is 0.263 e. The maximum absolute atomic E-state index is 14.3. The van der Waals surface area contributed by atoms with E-state index in [1.54, 1.807) is 129 Å². The summed E-state index contributed by atoms with van der Waals surface area (Å²) >= 11 is 13.3. The van der Waals surface area contributed by atoms with Gasteiger partial charge in [0, 0.05) is 160 Å². The number of ether oxygens (including phenoxy) is 1. The summed E-state index contributed by atoms with van der Waals surface area (Å²) < 4.78 is 107. The van der Waals surface area contributed by atoms with E-state index in [4.69, 9.17) is 27.9 Å². The number of sulfonamides is 3. The fourth-order valence-electron chi connectivity index (χ4n) is 12.8. The van der Waals surface area contributed by atoms with E-state index >= 15 is 0 Å². The Kier molecular flexibility index (Phi) is 24.2. The molecule has 14 rings (SSSR count). The van der Waals surface area contributed by atoms with Crippen molar-refractivity contribution >= 4 is 144 Å². The summed E-state index contributed by atoms with van der Waals surface area (Å²) in [5.74, 6) is -0.00454. The van der Waals surface area contributed by atoms with Gasteiger partial charge in [-0.05, 0) is 152 Å². The van der Waals surface area contributed by atoms with Crippen LogP contribution in [0.4, 0.5) is 38.2 Å². The van der Waals surface area contributed by atoms with E-state index < -0.39 is 36.1 Å². The number of carbonyl (C=O) groups excluding carboxylic acids is 4. The number of para-hydroxylation sites is 1. The van der Waals surface area contributed by atoms with Crippen molar-refractivity contribution in [2.75, 3.05) is 101 Å². The maximum Gasteiger partial charge on any atom is 0.263 e. The molecule has 3 aliphatic rings. The third-order valence-electron chi connectivity index (χ3n) is 18.3. The van der Waals surface area contributed by atoms with Gasteiger partial charge in [-0.1, -0.05) is 55.2 Å². The van der Waals surface area contributed by atoms with Crippen LogP contribution in [0.5, 0.6) is 5.75 Å². The fourth-order valence-corrected chi connectivity index (χ4v) is 16.9. The highest BCUT2D eigenvalue weighted by Gasteiger charge is 2.36. The molecule has 0 aliphatic carbocycles. The topological polar surface area (TPSA) is 310 Å². The van der Waals surface area contributed by atoms with Crippen molar-refractivity contribution < 1.29 is 60.7 Å². The summed E-state index contributed by atoms with van der Waals surface area (Å²) in [5, 5.41) is 4.60. The van der Waals surface area contributed by atoms with Gasteiger partial charge in [-0.2, -0.15) is 0 Å². The van der Waals surface area contributed by atoms with Crippen LogP contribution in [-0.2, 0) is 55.8 Å². The monoisotopic (exact) mass is 1590 g/mol. The molecule has 572 valence electrons. The predicted octanol–water partition coefficient (Wildman–Crippen LogP) is 12.0. The second-order valence-corrected chi connectivity index (χ2v) is 32.4. The van der Waals surface area contributed by atoms with Crippen molar-refractivity contribution in [1.82, 2.24) is 48.8 Å². The largest absolute Gasteiger partial charge is 0.482 e. The molecule has 0 unspecified atom stereocenters. The van der Waals surface area contributed by atoms with E-state index in [0.29, 0.717) is 97.7 Å². The van der Waals surface area contributed by atoms with Crippen LogP contribution in [0.2, 0.25) is 10.0 Å². The first-order valence-corrected chi connectivity index (χ1v) is 40.3. The second kappa shape index (κ2) is 34.0. The van der Waals surface area contributed by atoms with Gasteiger partial charge in [0.1, 0.15) is 48.4 Å². The number of carbonyl (C=O) groups is 4. The number of halogens is 3. The standard InChI is InChI=1S/C26H27ClN6O3S.C26H26FN5O4S2.C22H22ClN5O4S.5H2/c1-19-17-32(22-3-5-23(6-4-22)37(35,36)30-25-8-11-28-18-29-25)14-15-33(19)26(34)10-13-31-12-9-20-16-21(27)2-7-24(20)31;1-17(2)24(32-12-10-20-21(27)4-3-5-22(20)32)25(34)30-13-14-31(23(33)16-30)18-6-8-19(9-7-18)38(35,36)29-26-28-11-15-37-26;23-19-3-1-2-4-20(19)32-15-22(29)28-13-11-27(12-14-28)17-5-7-18(8-6-17)33(30,31)26-21-9-10-24-16-25-21;;;;;/h2-9,11-12,16,18-19H,10,13-15,17H2,1H3,(H,28,29,30);3-12,15,17,24H,13-14,16H2,1-2H3,(H,28,29);1-10,16H,11-15H2,(H,24,25,26);5*1H/t19-;24-;;;;;;/m00....../s1. The molecule has 0 saturated carbocycles. The first-order valence-electron chi connectivity index (χ1n) is 34.2. The molecular weight excluding hydrogens is 1510 g/mol. The summed E-state index contributed by atoms with van der Waals surface area (Å²) in [4.78, 5) is 82.8. The Bertz CT molecular complexity index is 5370. The van der Waals surface area contributed by atoms with E-state index in [9.17, 15) is 48.8 Å². The molecule has 5 aromatic heterocycles. The highest BCUT2D eigenvalue weighted by Crippen LogP contribution is 2.32. The van der Waals surface area contributed by atoms with Gasteiger partial charge >= 0.3 is 0 Å². The highest BCUT2D eigenvalue weighted by atomic mass is 35.5. The Morgan fingerprint density at radius 1 is 0.620 bits per heavy atom. The number of rotatable bonds is 21. The average Bonchev–Trinajstić information content (AvgIpc) is 1.12. The summed E-state index contributed by atoms with van der Waals surface area (Å²) in [6.45, 7) is 11.2. The Hall–Kier alpha value is -10.8. The number of piperazine rings is 3. The van der Waals surface area contributed by atoms with Crippen molar-refractivity contribution in [1.29, 1.82) is 0 Å². The van der Waals surface area contributed by atoms with Gasteiger partial charge in [-0.15, -0.1) is 11.3 Å². The van der Waals surface area contributed by atoms with E-state index in [0.717, 1.165) is 22.3 Å². The minimum absolute atomic E-state index is 0. The second-order valence-electron chi connectivity index (χ2n) is 25.6. The predicted molar refractivity (Wildman–Crippen MR) is 424 cm³/mol. The lowest BCUT2D eigenvalue weighted by molar-refractivity contribution is -0.140. The van der Waals surface area contributed by atoms with Gasteiger partial charge in [-0.25, -0.2) is 54.6 Å². The first-order chi connectivity index (χ1) is 51.9. The first kappa shape index (κ1) is 76.9. The maximum atomic E-state index is 14.3. The molecule has 0 radical (unpaired) electrons. The lowest BCUT2D eigenvalue weighted by Crippen LogP contribution is -2.54. The molecule has 3 N–H and O–H groups in total.